The molecule has 2 aromatic rings. The fourth-order valence-electron chi connectivity index (χ4n) is 1.49. The zero-order valence-electron chi connectivity index (χ0n) is 9.43. The molecule has 92 valence electrons. The third kappa shape index (κ3) is 2.94. The van der Waals surface area contributed by atoms with E-state index in [4.69, 9.17) is 5.11 Å². The molecule has 0 saturated heterocycles. The summed E-state index contributed by atoms with van der Waals surface area (Å²) in [4.78, 5) is 16.0. The number of pyridine rings is 1. The van der Waals surface area contributed by atoms with Crippen LogP contribution >= 0.6 is 15.9 Å². The lowest BCUT2D eigenvalue weighted by atomic mass is 10.2. The van der Waals surface area contributed by atoms with Crippen molar-refractivity contribution in [3.63, 3.8) is 0 Å². The summed E-state index contributed by atoms with van der Waals surface area (Å²) < 4.78 is 0.640. The van der Waals surface area contributed by atoms with Gasteiger partial charge in [-0.15, -0.1) is 0 Å². The Hall–Kier alpha value is -1.72. The van der Waals surface area contributed by atoms with E-state index in [9.17, 15) is 4.79 Å². The van der Waals surface area contributed by atoms with E-state index in [1.165, 1.54) is 0 Å². The zero-order valence-corrected chi connectivity index (χ0v) is 11.0. The molecule has 5 heteroatoms. The predicted octanol–water partition coefficient (Wildman–Crippen LogP) is 2.59. The second-order valence-electron chi connectivity index (χ2n) is 3.65. The quantitative estimate of drug-likeness (QED) is 0.916. The van der Waals surface area contributed by atoms with E-state index >= 15 is 0 Å². The van der Waals surface area contributed by atoms with Gasteiger partial charge in [-0.3, -0.25) is 4.79 Å². The molecule has 0 aliphatic carbocycles. The maximum atomic E-state index is 12.0. The topological polar surface area (TPSA) is 62.2 Å². The molecule has 4 nitrogen and oxygen atoms in total. The summed E-state index contributed by atoms with van der Waals surface area (Å²) in [6.07, 6.45) is 1.56. The third-order valence-corrected chi connectivity index (χ3v) is 2.98. The first-order chi connectivity index (χ1) is 8.70. The molecule has 0 atom stereocenters. The highest BCUT2D eigenvalue weighted by Gasteiger charge is 2.11. The summed E-state index contributed by atoms with van der Waals surface area (Å²) >= 11 is 3.28. The van der Waals surface area contributed by atoms with Gasteiger partial charge < -0.3 is 10.4 Å². The Labute approximate surface area is 113 Å². The molecule has 2 rings (SSSR count). The first kappa shape index (κ1) is 12.7. The number of hydrogen-bond donors (Lipinski definition) is 2. The van der Waals surface area contributed by atoms with Crippen molar-refractivity contribution in [1.29, 1.82) is 0 Å². The van der Waals surface area contributed by atoms with Crippen molar-refractivity contribution >= 4 is 27.5 Å². The highest BCUT2D eigenvalue weighted by atomic mass is 79.9. The Morgan fingerprint density at radius 3 is 2.89 bits per heavy atom. The van der Waals surface area contributed by atoms with Gasteiger partial charge in [-0.1, -0.05) is 12.1 Å². The van der Waals surface area contributed by atoms with Gasteiger partial charge in [0.25, 0.3) is 5.91 Å². The van der Waals surface area contributed by atoms with Gasteiger partial charge in [-0.25, -0.2) is 4.98 Å². The summed E-state index contributed by atoms with van der Waals surface area (Å²) in [6.45, 7) is -0.0585. The number of benzene rings is 1. The van der Waals surface area contributed by atoms with Gasteiger partial charge in [0.15, 0.2) is 0 Å². The Kier molecular flexibility index (Phi) is 4.07. The third-order valence-electron chi connectivity index (χ3n) is 2.34. The summed E-state index contributed by atoms with van der Waals surface area (Å²) in [6, 6.07) is 10.5. The number of aromatic nitrogens is 1. The van der Waals surface area contributed by atoms with Crippen molar-refractivity contribution in [2.75, 3.05) is 5.32 Å². The van der Waals surface area contributed by atoms with Crippen LogP contribution in [0.15, 0.2) is 47.1 Å². The number of anilines is 1. The van der Waals surface area contributed by atoms with Crippen LogP contribution in [0.1, 0.15) is 16.1 Å². The van der Waals surface area contributed by atoms with Crippen molar-refractivity contribution in [3.8, 4) is 0 Å². The fraction of sp³-hybridized carbons (Fsp3) is 0.0769. The SMILES string of the molecule is O=C(Nc1cccc(CO)c1)c1ncccc1Br. The molecule has 0 aliphatic rings. The molecule has 0 radical (unpaired) electrons. The number of aliphatic hydroxyl groups excluding tert-OH is 1. The minimum atomic E-state index is -0.294. The number of rotatable bonds is 3. The molecule has 0 unspecified atom stereocenters. The van der Waals surface area contributed by atoms with Gasteiger partial charge in [-0.05, 0) is 45.8 Å². The van der Waals surface area contributed by atoms with Crippen LogP contribution in [0.25, 0.3) is 0 Å². The molecule has 1 aromatic carbocycles. The van der Waals surface area contributed by atoms with E-state index in [2.05, 4.69) is 26.2 Å². The summed E-state index contributed by atoms with van der Waals surface area (Å²) in [7, 11) is 0. The first-order valence-electron chi connectivity index (χ1n) is 5.32. The lowest BCUT2D eigenvalue weighted by molar-refractivity contribution is 0.102. The van der Waals surface area contributed by atoms with Gasteiger partial charge in [0.05, 0.1) is 6.61 Å². The van der Waals surface area contributed by atoms with Gasteiger partial charge in [0.1, 0.15) is 5.69 Å². The molecule has 0 fully saturated rings. The van der Waals surface area contributed by atoms with Crippen LogP contribution in [-0.4, -0.2) is 16.0 Å². The molecule has 1 heterocycles. The Morgan fingerprint density at radius 1 is 1.33 bits per heavy atom. The number of carbonyl (C=O) groups is 1. The van der Waals surface area contributed by atoms with Crippen molar-refractivity contribution in [2.24, 2.45) is 0 Å². The van der Waals surface area contributed by atoms with E-state index in [1.807, 2.05) is 0 Å². The zero-order chi connectivity index (χ0) is 13.0. The van der Waals surface area contributed by atoms with Crippen LogP contribution < -0.4 is 5.32 Å². The summed E-state index contributed by atoms with van der Waals surface area (Å²) in [5, 5.41) is 11.8. The molecule has 0 aliphatic heterocycles. The van der Waals surface area contributed by atoms with Crippen LogP contribution in [0.2, 0.25) is 0 Å². The number of amides is 1. The van der Waals surface area contributed by atoms with Crippen molar-refractivity contribution in [2.45, 2.75) is 6.61 Å². The fourth-order valence-corrected chi connectivity index (χ4v) is 1.93. The second-order valence-corrected chi connectivity index (χ2v) is 4.50. The monoisotopic (exact) mass is 306 g/mol. The van der Waals surface area contributed by atoms with E-state index in [0.29, 0.717) is 15.9 Å². The Bertz CT molecular complexity index is 572. The van der Waals surface area contributed by atoms with Crippen LogP contribution in [0.4, 0.5) is 5.69 Å². The summed E-state index contributed by atoms with van der Waals surface area (Å²) in [5.41, 5.74) is 1.70. The number of nitrogens with zero attached hydrogens (tertiary/aromatic N) is 1. The molecule has 1 aromatic heterocycles. The normalized spacial score (nSPS) is 10.1. The van der Waals surface area contributed by atoms with E-state index in [0.717, 1.165) is 5.56 Å². The smallest absolute Gasteiger partial charge is 0.275 e. The predicted molar refractivity (Wildman–Crippen MR) is 72.3 cm³/mol. The minimum Gasteiger partial charge on any atom is -0.392 e. The van der Waals surface area contributed by atoms with Crippen molar-refractivity contribution in [1.82, 2.24) is 4.98 Å². The molecule has 0 saturated carbocycles. The average Bonchev–Trinajstić information content (AvgIpc) is 2.39. The van der Waals surface area contributed by atoms with Crippen molar-refractivity contribution < 1.29 is 9.90 Å². The second kappa shape index (κ2) is 5.75. The van der Waals surface area contributed by atoms with Crippen molar-refractivity contribution in [3.05, 3.63) is 58.3 Å². The Balaban J connectivity index is 2.19. The van der Waals surface area contributed by atoms with Gasteiger partial charge >= 0.3 is 0 Å². The van der Waals surface area contributed by atoms with E-state index < -0.39 is 0 Å². The van der Waals surface area contributed by atoms with Gasteiger partial charge in [0, 0.05) is 16.4 Å². The maximum absolute atomic E-state index is 12.0. The molecular formula is C13H11BrN2O2. The molecule has 0 bridgehead atoms. The average molecular weight is 307 g/mol. The highest BCUT2D eigenvalue weighted by Crippen LogP contribution is 2.16. The van der Waals surface area contributed by atoms with Crippen LogP contribution in [0.3, 0.4) is 0 Å². The lowest BCUT2D eigenvalue weighted by Gasteiger charge is -2.07. The number of aliphatic hydroxyl groups is 1. The van der Waals surface area contributed by atoms with Crippen LogP contribution in [0, 0.1) is 0 Å². The number of carbonyl (C=O) groups excluding carboxylic acids is 1. The largest absolute Gasteiger partial charge is 0.392 e. The number of nitrogens with one attached hydrogen (secondary N) is 1. The van der Waals surface area contributed by atoms with Gasteiger partial charge in [0.2, 0.25) is 0 Å². The molecule has 1 amide bonds. The first-order valence-corrected chi connectivity index (χ1v) is 6.11. The number of halogens is 1. The van der Waals surface area contributed by atoms with Crippen LogP contribution in [0.5, 0.6) is 0 Å². The molecule has 0 spiro atoms. The Morgan fingerprint density at radius 2 is 2.17 bits per heavy atom. The maximum Gasteiger partial charge on any atom is 0.275 e. The summed E-state index contributed by atoms with van der Waals surface area (Å²) in [5.74, 6) is -0.294. The molecular weight excluding hydrogens is 296 g/mol. The van der Waals surface area contributed by atoms with Crippen LogP contribution in [-0.2, 0) is 6.61 Å². The lowest BCUT2D eigenvalue weighted by Crippen LogP contribution is -2.14. The minimum absolute atomic E-state index is 0.0585. The molecule has 18 heavy (non-hydrogen) atoms. The highest BCUT2D eigenvalue weighted by molar-refractivity contribution is 9.10. The van der Waals surface area contributed by atoms with E-state index in [1.54, 1.807) is 42.6 Å². The number of hydrogen-bond acceptors (Lipinski definition) is 3. The standard InChI is InChI=1S/C13H11BrN2O2/c14-11-5-2-6-15-12(11)13(18)16-10-4-1-3-9(7-10)8-17/h1-7,17H,8H2,(H,16,18). The van der Waals surface area contributed by atoms with Gasteiger partial charge in [-0.2, -0.15) is 0 Å². The van der Waals surface area contributed by atoms with E-state index in [-0.39, 0.29) is 12.5 Å². The molecule has 2 N–H and O–H groups in total.